The van der Waals surface area contributed by atoms with Gasteiger partial charge >= 0.3 is 0 Å². The van der Waals surface area contributed by atoms with E-state index in [-0.39, 0.29) is 24.4 Å². The highest BCUT2D eigenvalue weighted by atomic mass is 16.2. The van der Waals surface area contributed by atoms with Crippen molar-refractivity contribution in [3.8, 4) is 0 Å². The standard InChI is InChI=1S/C16H17N3O2/c1-2-14-16(21)18-9-15(20)19(14)10-11-5-6-13-12(8-11)4-3-7-17-13/h3-8,14H,2,9-10H2,1H3,(H,18,21). The van der Waals surface area contributed by atoms with E-state index >= 15 is 0 Å². The largest absolute Gasteiger partial charge is 0.345 e. The molecule has 1 fully saturated rings. The number of fused-ring (bicyclic) bond motifs is 1. The quantitative estimate of drug-likeness (QED) is 0.928. The minimum absolute atomic E-state index is 0.0345. The van der Waals surface area contributed by atoms with Gasteiger partial charge in [-0.05, 0) is 30.2 Å². The summed E-state index contributed by atoms with van der Waals surface area (Å²) in [5.74, 6) is -0.104. The van der Waals surface area contributed by atoms with Crippen molar-refractivity contribution in [3.05, 3.63) is 42.1 Å². The number of rotatable bonds is 3. The number of benzene rings is 1. The first-order valence-corrected chi connectivity index (χ1v) is 7.10. The number of piperazine rings is 1. The fraction of sp³-hybridized carbons (Fsp3) is 0.312. The lowest BCUT2D eigenvalue weighted by molar-refractivity contribution is -0.146. The molecule has 0 spiro atoms. The summed E-state index contributed by atoms with van der Waals surface area (Å²) in [6, 6.07) is 9.43. The van der Waals surface area contributed by atoms with Crippen LogP contribution in [0, 0.1) is 0 Å². The predicted octanol–water partition coefficient (Wildman–Crippen LogP) is 1.47. The number of nitrogens with zero attached hydrogens (tertiary/aromatic N) is 2. The second-order valence-electron chi connectivity index (χ2n) is 5.19. The third-order valence-electron chi connectivity index (χ3n) is 3.82. The van der Waals surface area contributed by atoms with Crippen LogP contribution in [0.4, 0.5) is 0 Å². The summed E-state index contributed by atoms with van der Waals surface area (Å²) < 4.78 is 0. The molecular formula is C16H17N3O2. The zero-order valence-corrected chi connectivity index (χ0v) is 11.9. The van der Waals surface area contributed by atoms with E-state index < -0.39 is 0 Å². The lowest BCUT2D eigenvalue weighted by Gasteiger charge is -2.34. The second kappa shape index (κ2) is 5.52. The van der Waals surface area contributed by atoms with Gasteiger partial charge in [-0.25, -0.2) is 0 Å². The molecule has 5 heteroatoms. The summed E-state index contributed by atoms with van der Waals surface area (Å²) in [7, 11) is 0. The maximum absolute atomic E-state index is 12.1. The van der Waals surface area contributed by atoms with Gasteiger partial charge in [0.2, 0.25) is 11.8 Å². The number of pyridine rings is 1. The summed E-state index contributed by atoms with van der Waals surface area (Å²) in [5, 5.41) is 3.68. The van der Waals surface area contributed by atoms with Crippen LogP contribution in [-0.2, 0) is 16.1 Å². The Morgan fingerprint density at radius 2 is 2.19 bits per heavy atom. The normalized spacial score (nSPS) is 18.9. The Labute approximate surface area is 123 Å². The summed E-state index contributed by atoms with van der Waals surface area (Å²) in [6.45, 7) is 2.46. The van der Waals surface area contributed by atoms with Gasteiger partial charge in [-0.3, -0.25) is 14.6 Å². The second-order valence-corrected chi connectivity index (χ2v) is 5.19. The molecular weight excluding hydrogens is 266 g/mol. The van der Waals surface area contributed by atoms with Crippen molar-refractivity contribution in [2.75, 3.05) is 6.54 Å². The molecule has 1 aromatic carbocycles. The van der Waals surface area contributed by atoms with E-state index in [1.165, 1.54) is 0 Å². The molecule has 0 aliphatic carbocycles. The SMILES string of the molecule is CCC1C(=O)NCC(=O)N1Cc1ccc2ncccc2c1. The van der Waals surface area contributed by atoms with Gasteiger partial charge in [0.05, 0.1) is 12.1 Å². The maximum atomic E-state index is 12.1. The Morgan fingerprint density at radius 3 is 3.00 bits per heavy atom. The van der Waals surface area contributed by atoms with Crippen molar-refractivity contribution >= 4 is 22.7 Å². The van der Waals surface area contributed by atoms with Gasteiger partial charge in [0, 0.05) is 18.1 Å². The minimum atomic E-state index is -0.379. The summed E-state index contributed by atoms with van der Waals surface area (Å²) >= 11 is 0. The Morgan fingerprint density at radius 1 is 1.33 bits per heavy atom. The zero-order valence-electron chi connectivity index (χ0n) is 11.9. The smallest absolute Gasteiger partial charge is 0.243 e. The summed E-state index contributed by atoms with van der Waals surface area (Å²) in [4.78, 5) is 29.9. The van der Waals surface area contributed by atoms with Crippen LogP contribution in [0.3, 0.4) is 0 Å². The van der Waals surface area contributed by atoms with Gasteiger partial charge in [0.25, 0.3) is 0 Å². The van der Waals surface area contributed by atoms with E-state index in [9.17, 15) is 9.59 Å². The van der Waals surface area contributed by atoms with Crippen molar-refractivity contribution < 1.29 is 9.59 Å². The van der Waals surface area contributed by atoms with E-state index in [1.54, 1.807) is 11.1 Å². The average molecular weight is 283 g/mol. The van der Waals surface area contributed by atoms with Crippen molar-refractivity contribution in [1.82, 2.24) is 15.2 Å². The fourth-order valence-corrected chi connectivity index (χ4v) is 2.72. The Bertz CT molecular complexity index is 699. The van der Waals surface area contributed by atoms with Crippen LogP contribution in [0.5, 0.6) is 0 Å². The molecule has 0 saturated carbocycles. The van der Waals surface area contributed by atoms with Gasteiger partial charge in [-0.1, -0.05) is 19.1 Å². The van der Waals surface area contributed by atoms with Crippen molar-refractivity contribution in [3.63, 3.8) is 0 Å². The molecule has 21 heavy (non-hydrogen) atoms. The molecule has 3 rings (SSSR count). The summed E-state index contributed by atoms with van der Waals surface area (Å²) in [6.07, 6.45) is 2.38. The van der Waals surface area contributed by atoms with Gasteiger partial charge in [0.15, 0.2) is 0 Å². The van der Waals surface area contributed by atoms with Crippen LogP contribution < -0.4 is 5.32 Å². The van der Waals surface area contributed by atoms with Crippen molar-refractivity contribution in [2.45, 2.75) is 25.9 Å². The molecule has 0 radical (unpaired) electrons. The van der Waals surface area contributed by atoms with Crippen LogP contribution >= 0.6 is 0 Å². The van der Waals surface area contributed by atoms with Crippen LogP contribution in [0.15, 0.2) is 36.5 Å². The minimum Gasteiger partial charge on any atom is -0.345 e. The van der Waals surface area contributed by atoms with Crippen LogP contribution in [0.2, 0.25) is 0 Å². The molecule has 5 nitrogen and oxygen atoms in total. The fourth-order valence-electron chi connectivity index (χ4n) is 2.72. The third-order valence-corrected chi connectivity index (χ3v) is 3.82. The topological polar surface area (TPSA) is 62.3 Å². The Balaban J connectivity index is 1.88. The number of carbonyl (C=O) groups excluding carboxylic acids is 2. The first-order valence-electron chi connectivity index (χ1n) is 7.10. The molecule has 1 atom stereocenters. The number of hydrogen-bond donors (Lipinski definition) is 1. The number of aromatic nitrogens is 1. The molecule has 1 unspecified atom stereocenters. The van der Waals surface area contributed by atoms with Crippen LogP contribution in [0.1, 0.15) is 18.9 Å². The number of nitrogens with one attached hydrogen (secondary N) is 1. The Kier molecular flexibility index (Phi) is 3.56. The van der Waals surface area contributed by atoms with Gasteiger partial charge < -0.3 is 10.2 Å². The Hall–Kier alpha value is -2.43. The molecule has 1 saturated heterocycles. The molecule has 2 amide bonds. The molecule has 108 valence electrons. The lowest BCUT2D eigenvalue weighted by Crippen LogP contribution is -2.57. The first kappa shape index (κ1) is 13.5. The van der Waals surface area contributed by atoms with Crippen molar-refractivity contribution in [2.24, 2.45) is 0 Å². The first-order chi connectivity index (χ1) is 10.2. The maximum Gasteiger partial charge on any atom is 0.243 e. The van der Waals surface area contributed by atoms with E-state index in [0.29, 0.717) is 13.0 Å². The van der Waals surface area contributed by atoms with Gasteiger partial charge in [-0.2, -0.15) is 0 Å². The van der Waals surface area contributed by atoms with Gasteiger partial charge in [-0.15, -0.1) is 0 Å². The highest BCUT2D eigenvalue weighted by Crippen LogP contribution is 2.18. The van der Waals surface area contributed by atoms with E-state index in [2.05, 4.69) is 10.3 Å². The lowest BCUT2D eigenvalue weighted by atomic mass is 10.1. The molecule has 2 aromatic rings. The van der Waals surface area contributed by atoms with E-state index in [4.69, 9.17) is 0 Å². The van der Waals surface area contributed by atoms with E-state index in [0.717, 1.165) is 16.5 Å². The molecule has 1 N–H and O–H groups in total. The molecule has 0 bridgehead atoms. The summed E-state index contributed by atoms with van der Waals surface area (Å²) in [5.41, 5.74) is 1.94. The monoisotopic (exact) mass is 283 g/mol. The molecule has 1 aliphatic rings. The highest BCUT2D eigenvalue weighted by Gasteiger charge is 2.32. The zero-order chi connectivity index (χ0) is 14.8. The molecule has 2 heterocycles. The van der Waals surface area contributed by atoms with Crippen LogP contribution in [0.25, 0.3) is 10.9 Å². The van der Waals surface area contributed by atoms with Crippen molar-refractivity contribution in [1.29, 1.82) is 0 Å². The predicted molar refractivity (Wildman–Crippen MR) is 79.4 cm³/mol. The van der Waals surface area contributed by atoms with Gasteiger partial charge in [0.1, 0.15) is 6.04 Å². The molecule has 1 aromatic heterocycles. The van der Waals surface area contributed by atoms with Crippen LogP contribution in [-0.4, -0.2) is 34.3 Å². The van der Waals surface area contributed by atoms with E-state index in [1.807, 2.05) is 37.3 Å². The third kappa shape index (κ3) is 2.59. The average Bonchev–Trinajstić information content (AvgIpc) is 2.51. The highest BCUT2D eigenvalue weighted by molar-refractivity contribution is 5.94. The number of hydrogen-bond acceptors (Lipinski definition) is 3. The number of carbonyl (C=O) groups is 2. The number of amides is 2. The molecule has 1 aliphatic heterocycles.